The molecule has 1 aromatic carbocycles. The van der Waals surface area contributed by atoms with Gasteiger partial charge in [-0.1, -0.05) is 37.1 Å². The molecule has 1 saturated carbocycles. The van der Waals surface area contributed by atoms with Crippen LogP contribution in [0.2, 0.25) is 0 Å². The molecule has 0 bridgehead atoms. The number of fused-ring (bicyclic) bond motifs is 1. The number of aliphatic hydroxyl groups excluding tert-OH is 1. The summed E-state index contributed by atoms with van der Waals surface area (Å²) in [5.74, 6) is 0.125. The Balaban J connectivity index is 1.58. The average Bonchev–Trinajstić information content (AvgIpc) is 2.56. The molecule has 0 spiro atoms. The average molecular weight is 317 g/mol. The van der Waals surface area contributed by atoms with Crippen LogP contribution < -0.4 is 5.32 Å². The number of rotatable bonds is 4. The van der Waals surface area contributed by atoms with Gasteiger partial charge in [-0.05, 0) is 43.2 Å². The summed E-state index contributed by atoms with van der Waals surface area (Å²) in [5, 5.41) is 13.0. The zero-order chi connectivity index (χ0) is 16.3. The smallest absolute Gasteiger partial charge is 0.220 e. The molecule has 0 aromatic heterocycles. The lowest BCUT2D eigenvalue weighted by Gasteiger charge is -2.36. The number of carbonyl (C=O) groups excluding carboxylic acids is 1. The Labute approximate surface area is 138 Å². The molecule has 1 heterocycles. The Morgan fingerprint density at radius 2 is 2.13 bits per heavy atom. The predicted octanol–water partition coefficient (Wildman–Crippen LogP) is 2.53. The quantitative estimate of drug-likeness (QED) is 0.897. The second-order valence-electron chi connectivity index (χ2n) is 7.08. The predicted molar refractivity (Wildman–Crippen MR) is 89.0 cm³/mol. The maximum atomic E-state index is 12.3. The third-order valence-corrected chi connectivity index (χ3v) is 5.32. The maximum Gasteiger partial charge on any atom is 0.220 e. The van der Waals surface area contributed by atoms with Gasteiger partial charge in [-0.3, -0.25) is 4.79 Å². The third-order valence-electron chi connectivity index (χ3n) is 5.32. The van der Waals surface area contributed by atoms with Crippen LogP contribution in [0, 0.1) is 5.92 Å². The van der Waals surface area contributed by atoms with E-state index in [4.69, 9.17) is 4.74 Å². The van der Waals surface area contributed by atoms with Crippen molar-refractivity contribution in [3.8, 4) is 0 Å². The lowest BCUT2D eigenvalue weighted by Crippen LogP contribution is -2.44. The fourth-order valence-corrected chi connectivity index (χ4v) is 3.87. The Hall–Kier alpha value is -1.39. The lowest BCUT2D eigenvalue weighted by atomic mass is 9.84. The minimum Gasteiger partial charge on any atom is -0.393 e. The van der Waals surface area contributed by atoms with E-state index >= 15 is 0 Å². The second kappa shape index (κ2) is 7.02. The molecule has 1 aliphatic heterocycles. The van der Waals surface area contributed by atoms with E-state index in [9.17, 15) is 9.90 Å². The highest BCUT2D eigenvalue weighted by molar-refractivity contribution is 5.76. The zero-order valence-corrected chi connectivity index (χ0v) is 13.9. The molecule has 0 saturated heterocycles. The Bertz CT molecular complexity index is 559. The lowest BCUT2D eigenvalue weighted by molar-refractivity contribution is -0.125. The molecule has 0 radical (unpaired) electrons. The van der Waals surface area contributed by atoms with Crippen LogP contribution in [0.15, 0.2) is 24.3 Å². The van der Waals surface area contributed by atoms with E-state index in [1.165, 1.54) is 11.1 Å². The molecule has 1 unspecified atom stereocenters. The highest BCUT2D eigenvalue weighted by Crippen LogP contribution is 2.32. The minimum atomic E-state index is -0.463. The van der Waals surface area contributed by atoms with Gasteiger partial charge in [0.1, 0.15) is 5.60 Å². The van der Waals surface area contributed by atoms with Gasteiger partial charge < -0.3 is 15.2 Å². The molecule has 3 atom stereocenters. The van der Waals surface area contributed by atoms with Gasteiger partial charge in [-0.15, -0.1) is 0 Å². The van der Waals surface area contributed by atoms with Gasteiger partial charge in [0.25, 0.3) is 0 Å². The SMILES string of the molecule is CC1(CNC(=O)C[C@H]2CCCC[C@@H]2O)OCCc2ccccc21. The van der Waals surface area contributed by atoms with Crippen LogP contribution in [-0.4, -0.2) is 30.3 Å². The summed E-state index contributed by atoms with van der Waals surface area (Å²) in [6, 6.07) is 8.29. The fraction of sp³-hybridized carbons (Fsp3) is 0.632. The number of aliphatic hydroxyl groups is 1. The first kappa shape index (κ1) is 16.5. The number of hydrogen-bond acceptors (Lipinski definition) is 3. The van der Waals surface area contributed by atoms with Crippen molar-refractivity contribution in [2.24, 2.45) is 5.92 Å². The number of ether oxygens (including phenoxy) is 1. The maximum absolute atomic E-state index is 12.3. The summed E-state index contributed by atoms with van der Waals surface area (Å²) in [5.41, 5.74) is 2.01. The van der Waals surface area contributed by atoms with E-state index in [-0.39, 0.29) is 17.9 Å². The summed E-state index contributed by atoms with van der Waals surface area (Å²) in [4.78, 5) is 12.3. The molecule has 3 rings (SSSR count). The van der Waals surface area contributed by atoms with Crippen LogP contribution in [0.1, 0.15) is 50.2 Å². The van der Waals surface area contributed by atoms with Crippen LogP contribution in [0.4, 0.5) is 0 Å². The van der Waals surface area contributed by atoms with Crippen LogP contribution >= 0.6 is 0 Å². The minimum absolute atomic E-state index is 0.0174. The van der Waals surface area contributed by atoms with Crippen LogP contribution in [-0.2, 0) is 21.6 Å². The van der Waals surface area contributed by atoms with Crippen molar-refractivity contribution in [3.05, 3.63) is 35.4 Å². The molecule has 1 aromatic rings. The van der Waals surface area contributed by atoms with E-state index in [1.54, 1.807) is 0 Å². The summed E-state index contributed by atoms with van der Waals surface area (Å²) in [7, 11) is 0. The number of hydrogen-bond donors (Lipinski definition) is 2. The Kier molecular flexibility index (Phi) is 5.02. The normalized spacial score (nSPS) is 30.5. The molecule has 23 heavy (non-hydrogen) atoms. The molecule has 4 nitrogen and oxygen atoms in total. The van der Waals surface area contributed by atoms with Gasteiger partial charge in [0.15, 0.2) is 0 Å². The molecular weight excluding hydrogens is 290 g/mol. The highest BCUT2D eigenvalue weighted by Gasteiger charge is 2.34. The number of carbonyl (C=O) groups is 1. The van der Waals surface area contributed by atoms with Crippen molar-refractivity contribution in [1.29, 1.82) is 0 Å². The van der Waals surface area contributed by atoms with Crippen molar-refractivity contribution < 1.29 is 14.6 Å². The van der Waals surface area contributed by atoms with E-state index < -0.39 is 5.60 Å². The molecular formula is C19H27NO3. The van der Waals surface area contributed by atoms with Crippen LogP contribution in [0.3, 0.4) is 0 Å². The van der Waals surface area contributed by atoms with Crippen molar-refractivity contribution in [2.75, 3.05) is 13.2 Å². The first-order valence-electron chi connectivity index (χ1n) is 8.75. The summed E-state index contributed by atoms with van der Waals surface area (Å²) >= 11 is 0. The fourth-order valence-electron chi connectivity index (χ4n) is 3.87. The van der Waals surface area contributed by atoms with E-state index in [2.05, 4.69) is 17.4 Å². The van der Waals surface area contributed by atoms with E-state index in [1.807, 2.05) is 19.1 Å². The molecule has 2 N–H and O–H groups in total. The standard InChI is InChI=1S/C19H27NO3/c1-19(16-8-4-2-6-14(16)10-11-23-19)13-20-18(22)12-15-7-3-5-9-17(15)21/h2,4,6,8,15,17,21H,3,5,7,9-13H2,1H3,(H,20,22)/t15-,17+,19?/m1/s1. The summed E-state index contributed by atoms with van der Waals surface area (Å²) in [6.07, 6.45) is 4.98. The second-order valence-corrected chi connectivity index (χ2v) is 7.08. The van der Waals surface area contributed by atoms with Crippen molar-refractivity contribution in [1.82, 2.24) is 5.32 Å². The Morgan fingerprint density at radius 1 is 1.35 bits per heavy atom. The van der Waals surface area contributed by atoms with Crippen molar-refractivity contribution >= 4 is 5.91 Å². The highest BCUT2D eigenvalue weighted by atomic mass is 16.5. The van der Waals surface area contributed by atoms with Gasteiger partial charge >= 0.3 is 0 Å². The summed E-state index contributed by atoms with van der Waals surface area (Å²) in [6.45, 7) is 3.21. The third kappa shape index (κ3) is 3.75. The van der Waals surface area contributed by atoms with Gasteiger partial charge in [0.05, 0.1) is 19.3 Å². The van der Waals surface area contributed by atoms with Crippen LogP contribution in [0.5, 0.6) is 0 Å². The first-order chi connectivity index (χ1) is 11.1. The van der Waals surface area contributed by atoms with Crippen molar-refractivity contribution in [2.45, 2.75) is 57.2 Å². The van der Waals surface area contributed by atoms with E-state index in [0.29, 0.717) is 19.6 Å². The molecule has 4 heteroatoms. The summed E-state index contributed by atoms with van der Waals surface area (Å²) < 4.78 is 5.99. The van der Waals surface area contributed by atoms with Gasteiger partial charge in [-0.25, -0.2) is 0 Å². The molecule has 2 aliphatic rings. The van der Waals surface area contributed by atoms with Crippen molar-refractivity contribution in [3.63, 3.8) is 0 Å². The molecule has 1 amide bonds. The molecule has 1 aliphatic carbocycles. The zero-order valence-electron chi connectivity index (χ0n) is 13.9. The van der Waals surface area contributed by atoms with Gasteiger partial charge in [0.2, 0.25) is 5.91 Å². The monoisotopic (exact) mass is 317 g/mol. The molecule has 1 fully saturated rings. The van der Waals surface area contributed by atoms with Crippen LogP contribution in [0.25, 0.3) is 0 Å². The van der Waals surface area contributed by atoms with E-state index in [0.717, 1.165) is 32.1 Å². The first-order valence-corrected chi connectivity index (χ1v) is 8.75. The number of nitrogens with one attached hydrogen (secondary N) is 1. The number of benzene rings is 1. The van der Waals surface area contributed by atoms with Gasteiger partial charge in [-0.2, -0.15) is 0 Å². The Morgan fingerprint density at radius 3 is 2.96 bits per heavy atom. The molecule has 126 valence electrons. The largest absolute Gasteiger partial charge is 0.393 e. The number of amides is 1. The topological polar surface area (TPSA) is 58.6 Å². The van der Waals surface area contributed by atoms with Gasteiger partial charge in [0, 0.05) is 6.42 Å².